The van der Waals surface area contributed by atoms with Crippen LogP contribution < -0.4 is 0 Å². The maximum Gasteiger partial charge on any atom is 0.173 e. The lowest BCUT2D eigenvalue weighted by molar-refractivity contribution is 0.615. The molecular weight excluding hydrogens is 370 g/mol. The first-order valence-electron chi connectivity index (χ1n) is 8.41. The number of furan rings is 1. The first-order chi connectivity index (χ1) is 13.7. The van der Waals surface area contributed by atoms with Gasteiger partial charge in [0.15, 0.2) is 5.84 Å². The number of thiazole rings is 1. The molecule has 0 aliphatic heterocycles. The minimum absolute atomic E-state index is 0.480. The van der Waals surface area contributed by atoms with Crippen LogP contribution in [0.3, 0.4) is 0 Å². The second-order valence-electron chi connectivity index (χ2n) is 5.57. The largest absolute Gasteiger partial charge is 0.464 e. The number of hydrogen-bond acceptors (Lipinski definition) is 6. The number of nitrogens with zero attached hydrogens (tertiary/aromatic N) is 5. The summed E-state index contributed by atoms with van der Waals surface area (Å²) < 4.78 is 5.61. The molecule has 0 aliphatic carbocycles. The number of aliphatic imine (C=N–C) groups is 2. The third-order valence-electron chi connectivity index (χ3n) is 3.96. The van der Waals surface area contributed by atoms with E-state index in [1.165, 1.54) is 0 Å². The lowest BCUT2D eigenvalue weighted by atomic mass is 10.1. The Morgan fingerprint density at radius 1 is 1.21 bits per heavy atom. The molecule has 0 radical (unpaired) electrons. The lowest BCUT2D eigenvalue weighted by Gasteiger charge is -2.05. The maximum absolute atomic E-state index is 5.61. The number of amidine groups is 1. The minimum Gasteiger partial charge on any atom is -0.464 e. The van der Waals surface area contributed by atoms with Crippen molar-refractivity contribution >= 4 is 34.9 Å². The second kappa shape index (κ2) is 8.49. The van der Waals surface area contributed by atoms with Crippen LogP contribution in [0, 0.1) is 6.92 Å². The molecule has 7 heteroatoms. The van der Waals surface area contributed by atoms with Gasteiger partial charge in [0, 0.05) is 36.5 Å². The predicted molar refractivity (Wildman–Crippen MR) is 116 cm³/mol. The number of fused-ring (bicyclic) bond motifs is 1. The molecule has 4 aromatic rings. The van der Waals surface area contributed by atoms with E-state index in [-0.39, 0.29) is 0 Å². The van der Waals surface area contributed by atoms with E-state index in [0.29, 0.717) is 11.5 Å². The van der Waals surface area contributed by atoms with Crippen LogP contribution >= 0.6 is 11.3 Å². The molecule has 0 N–H and O–H groups in total. The normalized spacial score (nSPS) is 11.1. The second-order valence-corrected chi connectivity index (χ2v) is 6.57. The number of pyridine rings is 2. The van der Waals surface area contributed by atoms with E-state index in [4.69, 9.17) is 9.40 Å². The van der Waals surface area contributed by atoms with E-state index in [2.05, 4.69) is 39.8 Å². The SMILES string of the molecule is C=C.C=NC(=NC)c1nc(-c2sc(-c3cccnc3)nc2C)cc2occc12. The highest BCUT2D eigenvalue weighted by Crippen LogP contribution is 2.36. The Kier molecular flexibility index (Phi) is 5.86. The predicted octanol–water partition coefficient (Wildman–Crippen LogP) is 5.20. The van der Waals surface area contributed by atoms with Crippen LogP contribution in [-0.2, 0) is 0 Å². The summed E-state index contributed by atoms with van der Waals surface area (Å²) in [6.07, 6.45) is 5.19. The van der Waals surface area contributed by atoms with Crippen LogP contribution in [0.2, 0.25) is 0 Å². The van der Waals surface area contributed by atoms with Gasteiger partial charge in [0.1, 0.15) is 16.3 Å². The first kappa shape index (κ1) is 19.3. The molecule has 0 aliphatic rings. The van der Waals surface area contributed by atoms with E-state index in [9.17, 15) is 0 Å². The fraction of sp³-hybridized carbons (Fsp3) is 0.0952. The summed E-state index contributed by atoms with van der Waals surface area (Å²) >= 11 is 1.57. The molecular formula is C21H19N5OS. The number of hydrogen-bond donors (Lipinski definition) is 0. The number of rotatable bonds is 3. The van der Waals surface area contributed by atoms with E-state index in [1.54, 1.807) is 37.0 Å². The monoisotopic (exact) mass is 389 g/mol. The molecule has 0 atom stereocenters. The van der Waals surface area contributed by atoms with Crippen LogP contribution in [0.4, 0.5) is 0 Å². The Morgan fingerprint density at radius 2 is 2.04 bits per heavy atom. The van der Waals surface area contributed by atoms with Crippen LogP contribution in [0.1, 0.15) is 11.4 Å². The first-order valence-corrected chi connectivity index (χ1v) is 9.23. The molecule has 4 heterocycles. The third-order valence-corrected chi connectivity index (χ3v) is 5.19. The van der Waals surface area contributed by atoms with Gasteiger partial charge < -0.3 is 4.42 Å². The molecule has 0 saturated heterocycles. The Bertz CT molecular complexity index is 1140. The quantitative estimate of drug-likeness (QED) is 0.274. The smallest absolute Gasteiger partial charge is 0.173 e. The van der Waals surface area contributed by atoms with Crippen molar-refractivity contribution in [2.45, 2.75) is 6.92 Å². The summed E-state index contributed by atoms with van der Waals surface area (Å²) in [6, 6.07) is 7.67. The number of aromatic nitrogens is 3. The topological polar surface area (TPSA) is 76.5 Å². The average Bonchev–Trinajstić information content (AvgIpc) is 3.37. The van der Waals surface area contributed by atoms with Gasteiger partial charge in [0.25, 0.3) is 0 Å². The molecule has 28 heavy (non-hydrogen) atoms. The zero-order valence-corrected chi connectivity index (χ0v) is 16.5. The van der Waals surface area contributed by atoms with Crippen molar-refractivity contribution in [1.82, 2.24) is 15.0 Å². The summed E-state index contributed by atoms with van der Waals surface area (Å²) in [4.78, 5) is 22.8. The Hall–Kier alpha value is -3.45. The zero-order chi connectivity index (χ0) is 20.1. The molecule has 6 nitrogen and oxygen atoms in total. The van der Waals surface area contributed by atoms with E-state index in [0.717, 1.165) is 37.8 Å². The van der Waals surface area contributed by atoms with Gasteiger partial charge in [0.05, 0.1) is 22.5 Å². The fourth-order valence-corrected chi connectivity index (χ4v) is 3.77. The van der Waals surface area contributed by atoms with Crippen LogP contribution in [0.5, 0.6) is 0 Å². The maximum atomic E-state index is 5.61. The summed E-state index contributed by atoms with van der Waals surface area (Å²) in [5, 5.41) is 1.76. The van der Waals surface area contributed by atoms with E-state index < -0.39 is 0 Å². The van der Waals surface area contributed by atoms with Gasteiger partial charge in [0.2, 0.25) is 0 Å². The van der Waals surface area contributed by atoms with Gasteiger partial charge in [-0.2, -0.15) is 0 Å². The van der Waals surface area contributed by atoms with E-state index in [1.807, 2.05) is 31.2 Å². The summed E-state index contributed by atoms with van der Waals surface area (Å²) in [5.41, 5.74) is 4.04. The van der Waals surface area contributed by atoms with Gasteiger partial charge >= 0.3 is 0 Å². The summed E-state index contributed by atoms with van der Waals surface area (Å²) in [7, 11) is 1.67. The fourth-order valence-electron chi connectivity index (χ4n) is 2.75. The molecule has 0 amide bonds. The van der Waals surface area contributed by atoms with Crippen LogP contribution in [0.15, 0.2) is 70.5 Å². The van der Waals surface area contributed by atoms with Crippen molar-refractivity contribution in [3.8, 4) is 21.1 Å². The Balaban J connectivity index is 0.00000109. The highest BCUT2D eigenvalue weighted by molar-refractivity contribution is 7.18. The average molecular weight is 389 g/mol. The molecule has 0 aromatic carbocycles. The van der Waals surface area contributed by atoms with Crippen molar-refractivity contribution < 1.29 is 4.42 Å². The highest BCUT2D eigenvalue weighted by atomic mass is 32.1. The summed E-state index contributed by atoms with van der Waals surface area (Å²) in [6.45, 7) is 11.6. The molecule has 140 valence electrons. The highest BCUT2D eigenvalue weighted by Gasteiger charge is 2.18. The third kappa shape index (κ3) is 3.52. The summed E-state index contributed by atoms with van der Waals surface area (Å²) in [5.74, 6) is 0.480. The van der Waals surface area contributed by atoms with E-state index >= 15 is 0 Å². The van der Waals surface area contributed by atoms with Crippen molar-refractivity contribution in [3.05, 3.63) is 67.5 Å². The van der Waals surface area contributed by atoms with Gasteiger partial charge in [-0.15, -0.1) is 24.5 Å². The molecule has 4 aromatic heterocycles. The Labute approximate surface area is 167 Å². The molecule has 0 saturated carbocycles. The van der Waals surface area contributed by atoms with Gasteiger partial charge in [-0.05, 0) is 31.8 Å². The van der Waals surface area contributed by atoms with Crippen LogP contribution in [-0.4, -0.2) is 34.6 Å². The molecule has 0 fully saturated rings. The van der Waals surface area contributed by atoms with Crippen molar-refractivity contribution in [3.63, 3.8) is 0 Å². The standard InChI is InChI=1S/C19H15N5OS.C2H4/c1-11-17(26-19(23-11)12-5-4-7-22-10-12)14-9-15-13(6-8-25-15)16(24-14)18(20-2)21-3;1-2/h4-10H,2H2,1,3H3;1-2H2. The van der Waals surface area contributed by atoms with Gasteiger partial charge in [-0.3, -0.25) is 9.98 Å². The van der Waals surface area contributed by atoms with Gasteiger partial charge in [-0.25, -0.2) is 15.0 Å². The molecule has 0 bridgehead atoms. The minimum atomic E-state index is 0.480. The van der Waals surface area contributed by atoms with Crippen molar-refractivity contribution in [1.29, 1.82) is 0 Å². The van der Waals surface area contributed by atoms with Crippen molar-refractivity contribution in [2.75, 3.05) is 7.05 Å². The molecule has 0 spiro atoms. The lowest BCUT2D eigenvalue weighted by Crippen LogP contribution is -2.02. The molecule has 0 unspecified atom stereocenters. The zero-order valence-electron chi connectivity index (χ0n) is 15.7. The van der Waals surface area contributed by atoms with Gasteiger partial charge in [-0.1, -0.05) is 0 Å². The van der Waals surface area contributed by atoms with Crippen LogP contribution in [0.25, 0.3) is 32.1 Å². The Morgan fingerprint density at radius 3 is 2.71 bits per heavy atom. The van der Waals surface area contributed by atoms with Crippen molar-refractivity contribution in [2.24, 2.45) is 9.98 Å². The number of aryl methyl sites for hydroxylation is 1. The molecule has 4 rings (SSSR count).